The van der Waals surface area contributed by atoms with Crippen LogP contribution >= 0.6 is 0 Å². The van der Waals surface area contributed by atoms with Crippen LogP contribution in [0.1, 0.15) is 26.7 Å². The molecule has 0 aliphatic rings. The van der Waals surface area contributed by atoms with E-state index in [9.17, 15) is 18.0 Å². The summed E-state index contributed by atoms with van der Waals surface area (Å²) >= 11 is 0. The van der Waals surface area contributed by atoms with Crippen molar-refractivity contribution in [1.29, 1.82) is 0 Å². The molecule has 3 N–H and O–H groups in total. The Morgan fingerprint density at radius 1 is 1.38 bits per heavy atom. The van der Waals surface area contributed by atoms with Crippen molar-refractivity contribution in [2.24, 2.45) is 11.1 Å². The maximum Gasteiger partial charge on any atom is 0.318 e. The number of rotatable bonds is 7. The number of primary amides is 1. The van der Waals surface area contributed by atoms with Crippen molar-refractivity contribution in [3.8, 4) is 0 Å². The van der Waals surface area contributed by atoms with Crippen molar-refractivity contribution in [2.75, 3.05) is 11.5 Å². The van der Waals surface area contributed by atoms with Crippen LogP contribution in [-0.4, -0.2) is 36.9 Å². The van der Waals surface area contributed by atoms with E-state index in [0.717, 1.165) is 0 Å². The first-order valence-corrected chi connectivity index (χ1v) is 6.71. The fourth-order valence-electron chi connectivity index (χ4n) is 1.13. The third kappa shape index (κ3) is 3.80. The van der Waals surface area contributed by atoms with Gasteiger partial charge in [-0.1, -0.05) is 6.92 Å². The van der Waals surface area contributed by atoms with E-state index in [1.54, 1.807) is 0 Å². The zero-order valence-electron chi connectivity index (χ0n) is 9.39. The molecule has 0 spiro atoms. The number of hydrogen-bond donors (Lipinski definition) is 2. The van der Waals surface area contributed by atoms with Crippen molar-refractivity contribution in [3.63, 3.8) is 0 Å². The van der Waals surface area contributed by atoms with Gasteiger partial charge in [-0.15, -0.1) is 0 Å². The Morgan fingerprint density at radius 2 is 1.88 bits per heavy atom. The highest BCUT2D eigenvalue weighted by atomic mass is 32.2. The summed E-state index contributed by atoms with van der Waals surface area (Å²) < 4.78 is 22.3. The van der Waals surface area contributed by atoms with E-state index in [-0.39, 0.29) is 24.3 Å². The molecule has 0 radical (unpaired) electrons. The highest BCUT2D eigenvalue weighted by Gasteiger charge is 2.39. The molecule has 0 aromatic carbocycles. The highest BCUT2D eigenvalue weighted by Crippen LogP contribution is 2.23. The zero-order chi connectivity index (χ0) is 13.0. The average Bonchev–Trinajstić information content (AvgIpc) is 2.16. The van der Waals surface area contributed by atoms with Gasteiger partial charge in [0, 0.05) is 5.75 Å². The number of carbonyl (C=O) groups is 2. The number of amides is 1. The number of carbonyl (C=O) groups excluding carboxylic acids is 1. The first-order valence-electron chi connectivity index (χ1n) is 4.89. The highest BCUT2D eigenvalue weighted by molar-refractivity contribution is 7.91. The van der Waals surface area contributed by atoms with Gasteiger partial charge < -0.3 is 10.8 Å². The number of carboxylic acid groups (broad SMARTS) is 1. The quantitative estimate of drug-likeness (QED) is 0.607. The molecule has 6 nitrogen and oxygen atoms in total. The minimum absolute atomic E-state index is 0.00730. The molecule has 0 aliphatic carbocycles. The number of sulfone groups is 1. The number of aliphatic carboxylic acids is 1. The molecule has 0 aromatic heterocycles. The van der Waals surface area contributed by atoms with Crippen LogP contribution in [0.15, 0.2) is 0 Å². The molecule has 0 saturated heterocycles. The SMILES string of the molecule is CCS(=O)(=O)CCCC(C)(C(N)=O)C(=O)O. The van der Waals surface area contributed by atoms with Gasteiger partial charge in [0.1, 0.15) is 15.3 Å². The second-order valence-electron chi connectivity index (χ2n) is 3.84. The van der Waals surface area contributed by atoms with Crippen LogP contribution in [0.5, 0.6) is 0 Å². The van der Waals surface area contributed by atoms with Gasteiger partial charge in [0.05, 0.1) is 5.75 Å². The molecule has 1 amide bonds. The fourth-order valence-corrected chi connectivity index (χ4v) is 2.00. The Hall–Kier alpha value is -1.11. The first kappa shape index (κ1) is 14.9. The Kier molecular flexibility index (Phi) is 4.92. The summed E-state index contributed by atoms with van der Waals surface area (Å²) in [6.45, 7) is 2.72. The van der Waals surface area contributed by atoms with Gasteiger partial charge in [0.2, 0.25) is 5.91 Å². The van der Waals surface area contributed by atoms with E-state index >= 15 is 0 Å². The average molecular weight is 251 g/mol. The van der Waals surface area contributed by atoms with Crippen LogP contribution in [0.25, 0.3) is 0 Å². The molecular weight excluding hydrogens is 234 g/mol. The number of nitrogens with two attached hydrogens (primary N) is 1. The van der Waals surface area contributed by atoms with Crippen molar-refractivity contribution in [2.45, 2.75) is 26.7 Å². The summed E-state index contributed by atoms with van der Waals surface area (Å²) in [5.41, 5.74) is 3.29. The summed E-state index contributed by atoms with van der Waals surface area (Å²) in [4.78, 5) is 21.8. The largest absolute Gasteiger partial charge is 0.480 e. The lowest BCUT2D eigenvalue weighted by molar-refractivity contribution is -0.153. The molecule has 1 atom stereocenters. The summed E-state index contributed by atoms with van der Waals surface area (Å²) in [6.07, 6.45) is 0.0405. The van der Waals surface area contributed by atoms with Gasteiger partial charge in [-0.25, -0.2) is 8.42 Å². The third-order valence-corrected chi connectivity index (χ3v) is 4.38. The monoisotopic (exact) mass is 251 g/mol. The van der Waals surface area contributed by atoms with Crippen LogP contribution in [-0.2, 0) is 19.4 Å². The Bertz CT molecular complexity index is 359. The summed E-state index contributed by atoms with van der Waals surface area (Å²) in [5, 5.41) is 8.84. The Morgan fingerprint density at radius 3 is 2.19 bits per heavy atom. The van der Waals surface area contributed by atoms with E-state index in [1.807, 2.05) is 0 Å². The third-order valence-electron chi connectivity index (χ3n) is 2.59. The maximum atomic E-state index is 11.2. The van der Waals surface area contributed by atoms with Gasteiger partial charge in [0.15, 0.2) is 0 Å². The summed E-state index contributed by atoms with van der Waals surface area (Å²) in [7, 11) is -3.14. The number of carboxylic acids is 1. The smallest absolute Gasteiger partial charge is 0.318 e. The molecule has 1 unspecified atom stereocenters. The zero-order valence-corrected chi connectivity index (χ0v) is 10.2. The minimum Gasteiger partial charge on any atom is -0.480 e. The second kappa shape index (κ2) is 5.29. The molecule has 16 heavy (non-hydrogen) atoms. The van der Waals surface area contributed by atoms with Crippen molar-refractivity contribution >= 4 is 21.7 Å². The molecule has 0 saturated carbocycles. The van der Waals surface area contributed by atoms with Crippen molar-refractivity contribution in [1.82, 2.24) is 0 Å². The predicted octanol–water partition coefficient (Wildman–Crippen LogP) is -0.222. The molecule has 0 rings (SSSR count). The van der Waals surface area contributed by atoms with Crippen molar-refractivity contribution in [3.05, 3.63) is 0 Å². The van der Waals surface area contributed by atoms with Gasteiger partial charge in [-0.05, 0) is 19.8 Å². The number of hydrogen-bond acceptors (Lipinski definition) is 4. The normalized spacial score (nSPS) is 15.4. The maximum absolute atomic E-state index is 11.2. The summed E-state index contributed by atoms with van der Waals surface area (Å²) in [5.74, 6) is -2.39. The lowest BCUT2D eigenvalue weighted by atomic mass is 9.85. The predicted molar refractivity (Wildman–Crippen MR) is 58.5 cm³/mol. The van der Waals surface area contributed by atoms with E-state index in [1.165, 1.54) is 13.8 Å². The Labute approximate surface area is 94.7 Å². The van der Waals surface area contributed by atoms with Gasteiger partial charge in [-0.2, -0.15) is 0 Å². The second-order valence-corrected chi connectivity index (χ2v) is 6.31. The van der Waals surface area contributed by atoms with Gasteiger partial charge in [0.25, 0.3) is 0 Å². The lowest BCUT2D eigenvalue weighted by Gasteiger charge is -2.20. The standard InChI is InChI=1S/C9H17NO5S/c1-3-16(14,15)6-4-5-9(2,7(10)11)8(12)13/h3-6H2,1-2H3,(H2,10,11)(H,12,13). The molecule has 0 aromatic rings. The summed E-state index contributed by atoms with van der Waals surface area (Å²) in [6, 6.07) is 0. The van der Waals surface area contributed by atoms with Crippen LogP contribution < -0.4 is 5.73 Å². The van der Waals surface area contributed by atoms with Crippen molar-refractivity contribution < 1.29 is 23.1 Å². The molecule has 0 aliphatic heterocycles. The van der Waals surface area contributed by atoms with E-state index in [2.05, 4.69) is 0 Å². The topological polar surface area (TPSA) is 115 Å². The van der Waals surface area contributed by atoms with Crippen LogP contribution in [0.3, 0.4) is 0 Å². The molecular formula is C9H17NO5S. The fraction of sp³-hybridized carbons (Fsp3) is 0.778. The van der Waals surface area contributed by atoms with Gasteiger partial charge in [-0.3, -0.25) is 9.59 Å². The molecule has 7 heteroatoms. The minimum atomic E-state index is -3.14. The van der Waals surface area contributed by atoms with Crippen LogP contribution in [0.2, 0.25) is 0 Å². The van der Waals surface area contributed by atoms with Crippen LogP contribution in [0, 0.1) is 5.41 Å². The first-order chi connectivity index (χ1) is 7.15. The lowest BCUT2D eigenvalue weighted by Crippen LogP contribution is -2.41. The molecule has 0 fully saturated rings. The van der Waals surface area contributed by atoms with E-state index in [4.69, 9.17) is 10.8 Å². The van der Waals surface area contributed by atoms with Crippen LogP contribution in [0.4, 0.5) is 0 Å². The molecule has 0 bridgehead atoms. The molecule has 0 heterocycles. The van der Waals surface area contributed by atoms with E-state index < -0.39 is 27.1 Å². The van der Waals surface area contributed by atoms with E-state index in [0.29, 0.717) is 0 Å². The molecule has 94 valence electrons. The van der Waals surface area contributed by atoms with Gasteiger partial charge >= 0.3 is 5.97 Å². The Balaban J connectivity index is 4.49.